The Morgan fingerprint density at radius 3 is 2.53 bits per heavy atom. The molecule has 3 heterocycles. The Morgan fingerprint density at radius 2 is 1.89 bits per heavy atom. The fourth-order valence-electron chi connectivity index (χ4n) is 5.05. The first kappa shape index (κ1) is 27.5. The minimum Gasteiger partial charge on any atom is -0.508 e. The summed E-state index contributed by atoms with van der Waals surface area (Å²) in [5.74, 6) is 0.809. The summed E-state index contributed by atoms with van der Waals surface area (Å²) in [6.45, 7) is 8.96. The number of hydrogen-bond donors (Lipinski definition) is 2. The number of phenolic OH excluding ortho intramolecular Hbond substituents is 1. The van der Waals surface area contributed by atoms with E-state index in [1.165, 1.54) is 6.08 Å². The van der Waals surface area contributed by atoms with Crippen LogP contribution in [0.1, 0.15) is 23.7 Å². The van der Waals surface area contributed by atoms with Crippen LogP contribution < -0.4 is 15.1 Å². The van der Waals surface area contributed by atoms with Crippen molar-refractivity contribution in [3.63, 3.8) is 0 Å². The number of carbonyl (C=O) groups excluding carboxylic acids is 1. The van der Waals surface area contributed by atoms with Crippen molar-refractivity contribution in [2.24, 2.45) is 0 Å². The number of carbonyl (C=O) groups is 1. The van der Waals surface area contributed by atoms with Crippen molar-refractivity contribution >= 4 is 23.4 Å². The molecule has 1 fully saturated rings. The molecule has 0 saturated carbocycles. The van der Waals surface area contributed by atoms with Crippen molar-refractivity contribution in [1.82, 2.24) is 19.8 Å². The Hall–Kier alpha value is -3.54. The third-order valence-corrected chi connectivity index (χ3v) is 6.75. The number of hydrogen-bond acceptors (Lipinski definition) is 8. The molecule has 1 aromatic heterocycles. The number of piperazine rings is 1. The molecule has 0 radical (unpaired) electrons. The molecule has 2 aliphatic rings. The summed E-state index contributed by atoms with van der Waals surface area (Å²) in [4.78, 5) is 29.1. The van der Waals surface area contributed by atoms with E-state index in [9.17, 15) is 23.1 Å². The third-order valence-electron chi connectivity index (χ3n) is 6.75. The number of aromatic nitrogens is 2. The molecule has 38 heavy (non-hydrogen) atoms. The van der Waals surface area contributed by atoms with Gasteiger partial charge in [-0.15, -0.1) is 0 Å². The lowest BCUT2D eigenvalue weighted by Crippen LogP contribution is -2.49. The normalized spacial score (nSPS) is 16.9. The summed E-state index contributed by atoms with van der Waals surface area (Å²) in [7, 11) is 3.93. The predicted molar refractivity (Wildman–Crippen MR) is 141 cm³/mol. The summed E-state index contributed by atoms with van der Waals surface area (Å²) in [5.41, 5.74) is 0.662. The fraction of sp³-hybridized carbons (Fsp3) is 0.500. The Morgan fingerprint density at radius 1 is 1.18 bits per heavy atom. The van der Waals surface area contributed by atoms with E-state index in [0.29, 0.717) is 50.8 Å². The van der Waals surface area contributed by atoms with Crippen molar-refractivity contribution < 1.29 is 23.1 Å². The van der Waals surface area contributed by atoms with Gasteiger partial charge >= 0.3 is 6.18 Å². The Labute approximate surface area is 220 Å². The second-order valence-electron chi connectivity index (χ2n) is 9.99. The van der Waals surface area contributed by atoms with Crippen LogP contribution in [0.3, 0.4) is 0 Å². The lowest BCUT2D eigenvalue weighted by atomic mass is 10.0. The van der Waals surface area contributed by atoms with Crippen molar-refractivity contribution in [3.8, 4) is 5.75 Å². The van der Waals surface area contributed by atoms with Crippen LogP contribution >= 0.6 is 0 Å². The lowest BCUT2D eigenvalue weighted by molar-refractivity contribution is -0.137. The highest BCUT2D eigenvalue weighted by Gasteiger charge is 2.36. The van der Waals surface area contributed by atoms with E-state index in [1.807, 2.05) is 25.9 Å². The average molecular weight is 534 g/mol. The van der Waals surface area contributed by atoms with Crippen LogP contribution in [0.2, 0.25) is 0 Å². The van der Waals surface area contributed by atoms with Gasteiger partial charge in [-0.25, -0.2) is 4.98 Å². The molecule has 1 atom stereocenters. The van der Waals surface area contributed by atoms with Crippen molar-refractivity contribution in [2.45, 2.75) is 32.1 Å². The third kappa shape index (κ3) is 6.12. The van der Waals surface area contributed by atoms with Crippen LogP contribution in [0.4, 0.5) is 30.6 Å². The van der Waals surface area contributed by atoms with E-state index in [2.05, 4.69) is 16.8 Å². The first-order chi connectivity index (χ1) is 18.0. The van der Waals surface area contributed by atoms with E-state index in [0.717, 1.165) is 36.1 Å². The van der Waals surface area contributed by atoms with E-state index >= 15 is 0 Å². The molecule has 1 aromatic carbocycles. The monoisotopic (exact) mass is 533 g/mol. The summed E-state index contributed by atoms with van der Waals surface area (Å²) in [6, 6.07) is 3.14. The number of rotatable bonds is 7. The SMILES string of the molecule is C=CC(=O)N1CCN(c2nc(N[C@H](C)CN(C)C)nc3c2CCN(c2cc(O)ccc2C(F)(F)F)C3)CC1. The molecule has 4 rings (SSSR count). The van der Waals surface area contributed by atoms with Gasteiger partial charge < -0.3 is 30.0 Å². The van der Waals surface area contributed by atoms with Gasteiger partial charge in [0.1, 0.15) is 11.6 Å². The second kappa shape index (κ2) is 11.1. The van der Waals surface area contributed by atoms with Gasteiger partial charge in [0.25, 0.3) is 0 Å². The quantitative estimate of drug-likeness (QED) is 0.526. The van der Waals surface area contributed by atoms with E-state index < -0.39 is 11.7 Å². The molecule has 206 valence electrons. The number of phenols is 1. The number of fused-ring (bicyclic) bond motifs is 1. The highest BCUT2D eigenvalue weighted by Crippen LogP contribution is 2.40. The molecule has 2 aliphatic heterocycles. The molecule has 12 heteroatoms. The number of benzene rings is 1. The van der Waals surface area contributed by atoms with Gasteiger partial charge in [0.15, 0.2) is 0 Å². The maximum Gasteiger partial charge on any atom is 0.418 e. The Bertz CT molecular complexity index is 1180. The largest absolute Gasteiger partial charge is 0.508 e. The van der Waals surface area contributed by atoms with E-state index in [1.54, 1.807) is 9.80 Å². The standard InChI is InChI=1S/C26H34F3N7O2/c1-5-23(38)34-10-12-35(13-11-34)24-19-8-9-36(22-14-18(37)6-7-20(22)26(27,28)29)16-21(19)31-25(32-24)30-17(2)15-33(3)4/h5-7,14,17,37H,1,8-13,15-16H2,2-4H3,(H,30,31,32)/t17-/m1/s1. The molecule has 1 amide bonds. The van der Waals surface area contributed by atoms with Crippen molar-refractivity contribution in [1.29, 1.82) is 0 Å². The fourth-order valence-corrected chi connectivity index (χ4v) is 5.05. The first-order valence-corrected chi connectivity index (χ1v) is 12.6. The molecule has 1 saturated heterocycles. The van der Waals surface area contributed by atoms with Crippen LogP contribution in [0.5, 0.6) is 5.75 Å². The lowest BCUT2D eigenvalue weighted by Gasteiger charge is -2.38. The molecule has 0 unspecified atom stereocenters. The maximum absolute atomic E-state index is 13.8. The first-order valence-electron chi connectivity index (χ1n) is 12.6. The van der Waals surface area contributed by atoms with Crippen LogP contribution in [0.25, 0.3) is 0 Å². The van der Waals surface area contributed by atoms with Gasteiger partial charge in [-0.05, 0) is 45.6 Å². The maximum atomic E-state index is 13.8. The number of amides is 1. The molecular formula is C26H34F3N7O2. The zero-order valence-electron chi connectivity index (χ0n) is 21.9. The molecule has 2 N–H and O–H groups in total. The van der Waals surface area contributed by atoms with Gasteiger partial charge in [-0.3, -0.25) is 4.79 Å². The van der Waals surface area contributed by atoms with Crippen molar-refractivity contribution in [3.05, 3.63) is 47.7 Å². The van der Waals surface area contributed by atoms with Crippen molar-refractivity contribution in [2.75, 3.05) is 68.5 Å². The minimum absolute atomic E-state index is 0.0283. The zero-order valence-corrected chi connectivity index (χ0v) is 21.9. The molecule has 0 bridgehead atoms. The van der Waals surface area contributed by atoms with Crippen LogP contribution in [-0.4, -0.2) is 90.2 Å². The number of halogens is 3. The van der Waals surface area contributed by atoms with Gasteiger partial charge in [-0.1, -0.05) is 6.58 Å². The summed E-state index contributed by atoms with van der Waals surface area (Å²) >= 11 is 0. The van der Waals surface area contributed by atoms with Crippen LogP contribution in [0.15, 0.2) is 30.9 Å². The predicted octanol–water partition coefficient (Wildman–Crippen LogP) is 2.96. The molecule has 9 nitrogen and oxygen atoms in total. The average Bonchev–Trinajstić information content (AvgIpc) is 2.86. The second-order valence-corrected chi connectivity index (χ2v) is 9.99. The van der Waals surface area contributed by atoms with Gasteiger partial charge in [-0.2, -0.15) is 18.2 Å². The minimum atomic E-state index is -4.56. The van der Waals surface area contributed by atoms with Gasteiger partial charge in [0, 0.05) is 56.9 Å². The van der Waals surface area contributed by atoms with Crippen LogP contribution in [0, 0.1) is 0 Å². The molecule has 2 aromatic rings. The number of aromatic hydroxyl groups is 1. The number of alkyl halides is 3. The number of likely N-dealkylation sites (N-methyl/N-ethyl adjacent to an activating group) is 1. The van der Waals surface area contributed by atoms with Gasteiger partial charge in [0.2, 0.25) is 11.9 Å². The summed E-state index contributed by atoms with van der Waals surface area (Å²) < 4.78 is 41.3. The Balaban J connectivity index is 1.68. The Kier molecular flexibility index (Phi) is 8.00. The molecule has 0 aliphatic carbocycles. The number of nitrogens with zero attached hydrogens (tertiary/aromatic N) is 6. The zero-order chi connectivity index (χ0) is 27.6. The highest BCUT2D eigenvalue weighted by molar-refractivity contribution is 5.87. The number of nitrogens with one attached hydrogen (secondary N) is 1. The highest BCUT2D eigenvalue weighted by atomic mass is 19.4. The molecular weight excluding hydrogens is 499 g/mol. The number of anilines is 3. The smallest absolute Gasteiger partial charge is 0.418 e. The summed E-state index contributed by atoms with van der Waals surface area (Å²) in [5, 5.41) is 13.3. The topological polar surface area (TPSA) is 88.1 Å². The van der Waals surface area contributed by atoms with E-state index in [4.69, 9.17) is 9.97 Å². The molecule has 0 spiro atoms. The summed E-state index contributed by atoms with van der Waals surface area (Å²) in [6.07, 6.45) is -2.81. The van der Waals surface area contributed by atoms with E-state index in [-0.39, 0.29) is 29.9 Å². The van der Waals surface area contributed by atoms with Gasteiger partial charge in [0.05, 0.1) is 23.5 Å². The van der Waals surface area contributed by atoms with Crippen LogP contribution in [-0.2, 0) is 23.9 Å².